The molecule has 0 atom stereocenters. The van der Waals surface area contributed by atoms with E-state index in [0.29, 0.717) is 12.6 Å². The van der Waals surface area contributed by atoms with Crippen molar-refractivity contribution in [1.29, 1.82) is 0 Å². The van der Waals surface area contributed by atoms with Gasteiger partial charge in [-0.05, 0) is 6.54 Å². The molecule has 0 aliphatic carbocycles. The first-order valence-electron chi connectivity index (χ1n) is 6.25. The molecule has 1 aromatic rings. The quantitative estimate of drug-likeness (QED) is 0.737. The van der Waals surface area contributed by atoms with E-state index < -0.39 is 0 Å². The molecule has 2 heterocycles. The summed E-state index contributed by atoms with van der Waals surface area (Å²) in [5.41, 5.74) is 0.271. The second-order valence-corrected chi connectivity index (χ2v) is 4.75. The zero-order chi connectivity index (χ0) is 13.3. The SMILES string of the molecule is CCN(Cc1cc(=O)n(C)c(=O)n1C)C1CNC1. The Hall–Kier alpha value is -1.40. The van der Waals surface area contributed by atoms with Crippen LogP contribution >= 0.6 is 0 Å². The second-order valence-electron chi connectivity index (χ2n) is 4.75. The molecular formula is C12H20N4O2. The highest BCUT2D eigenvalue weighted by Crippen LogP contribution is 2.08. The fourth-order valence-corrected chi connectivity index (χ4v) is 2.17. The van der Waals surface area contributed by atoms with Gasteiger partial charge < -0.3 is 5.32 Å². The maximum absolute atomic E-state index is 11.8. The van der Waals surface area contributed by atoms with E-state index in [4.69, 9.17) is 0 Å². The minimum atomic E-state index is -0.264. The summed E-state index contributed by atoms with van der Waals surface area (Å²) in [5.74, 6) is 0. The standard InChI is InChI=1S/C12H20N4O2/c1-4-16(10-6-13-7-10)8-9-5-11(17)15(3)12(18)14(9)2/h5,10,13H,4,6-8H2,1-3H3. The number of rotatable bonds is 4. The van der Waals surface area contributed by atoms with Crippen molar-refractivity contribution < 1.29 is 0 Å². The van der Waals surface area contributed by atoms with Crippen LogP contribution in [0.3, 0.4) is 0 Å². The zero-order valence-electron chi connectivity index (χ0n) is 11.1. The molecule has 18 heavy (non-hydrogen) atoms. The van der Waals surface area contributed by atoms with Crippen LogP contribution in [-0.4, -0.2) is 39.7 Å². The van der Waals surface area contributed by atoms with Gasteiger partial charge in [-0.2, -0.15) is 0 Å². The molecule has 6 heteroatoms. The molecule has 0 amide bonds. The maximum Gasteiger partial charge on any atom is 0.330 e. The van der Waals surface area contributed by atoms with Crippen LogP contribution in [0.4, 0.5) is 0 Å². The first kappa shape index (κ1) is 13.0. The van der Waals surface area contributed by atoms with Crippen molar-refractivity contribution in [3.05, 3.63) is 32.6 Å². The molecule has 1 aromatic heterocycles. The summed E-state index contributed by atoms with van der Waals surface area (Å²) in [6, 6.07) is 2.06. The van der Waals surface area contributed by atoms with Gasteiger partial charge in [0.05, 0.1) is 0 Å². The fraction of sp³-hybridized carbons (Fsp3) is 0.667. The van der Waals surface area contributed by atoms with Gasteiger partial charge in [0.25, 0.3) is 5.56 Å². The van der Waals surface area contributed by atoms with Crippen LogP contribution in [-0.2, 0) is 20.6 Å². The summed E-state index contributed by atoms with van der Waals surface area (Å²) in [6.45, 7) is 5.61. The lowest BCUT2D eigenvalue weighted by molar-refractivity contribution is 0.141. The Labute approximate surface area is 106 Å². The molecule has 0 aromatic carbocycles. The van der Waals surface area contributed by atoms with Crippen molar-refractivity contribution in [3.8, 4) is 0 Å². The molecule has 0 radical (unpaired) electrons. The molecule has 6 nitrogen and oxygen atoms in total. The number of hydrogen-bond acceptors (Lipinski definition) is 4. The van der Waals surface area contributed by atoms with Gasteiger partial charge in [0.15, 0.2) is 0 Å². The third-order valence-corrected chi connectivity index (χ3v) is 3.67. The fourth-order valence-electron chi connectivity index (χ4n) is 2.17. The molecule has 1 saturated heterocycles. The van der Waals surface area contributed by atoms with Crippen molar-refractivity contribution >= 4 is 0 Å². The molecule has 100 valence electrons. The van der Waals surface area contributed by atoms with Crippen LogP contribution in [0.1, 0.15) is 12.6 Å². The van der Waals surface area contributed by atoms with E-state index in [9.17, 15) is 9.59 Å². The lowest BCUT2D eigenvalue weighted by atomic mass is 10.1. The van der Waals surface area contributed by atoms with Crippen molar-refractivity contribution in [3.63, 3.8) is 0 Å². The van der Waals surface area contributed by atoms with Crippen molar-refractivity contribution in [2.45, 2.75) is 19.5 Å². The van der Waals surface area contributed by atoms with E-state index in [1.807, 2.05) is 0 Å². The predicted octanol–water partition coefficient (Wildman–Crippen LogP) is -1.12. The first-order chi connectivity index (χ1) is 8.54. The van der Waals surface area contributed by atoms with Crippen LogP contribution in [0.2, 0.25) is 0 Å². The lowest BCUT2D eigenvalue weighted by Crippen LogP contribution is -2.57. The molecule has 1 aliphatic rings. The van der Waals surface area contributed by atoms with Gasteiger partial charge in [-0.1, -0.05) is 6.92 Å². The first-order valence-corrected chi connectivity index (χ1v) is 6.25. The summed E-state index contributed by atoms with van der Waals surface area (Å²) in [4.78, 5) is 25.8. The van der Waals surface area contributed by atoms with Gasteiger partial charge in [-0.25, -0.2) is 4.79 Å². The molecule has 1 N–H and O–H groups in total. The molecular weight excluding hydrogens is 232 g/mol. The Morgan fingerprint density at radius 2 is 2.00 bits per heavy atom. The summed E-state index contributed by atoms with van der Waals surface area (Å²) in [7, 11) is 3.21. The molecule has 0 unspecified atom stereocenters. The van der Waals surface area contributed by atoms with Crippen LogP contribution in [0.15, 0.2) is 15.7 Å². The summed E-state index contributed by atoms with van der Waals surface area (Å²) < 4.78 is 2.68. The number of nitrogens with one attached hydrogen (secondary N) is 1. The average molecular weight is 252 g/mol. The van der Waals surface area contributed by atoms with Crippen molar-refractivity contribution in [2.75, 3.05) is 19.6 Å². The highest BCUT2D eigenvalue weighted by atomic mass is 16.2. The van der Waals surface area contributed by atoms with E-state index >= 15 is 0 Å². The molecule has 2 rings (SSSR count). The molecule has 0 saturated carbocycles. The summed E-state index contributed by atoms with van der Waals surface area (Å²) in [5, 5.41) is 3.23. The van der Waals surface area contributed by atoms with Crippen molar-refractivity contribution in [1.82, 2.24) is 19.4 Å². The molecule has 1 aliphatic heterocycles. The van der Waals surface area contributed by atoms with Gasteiger partial charge in [0.2, 0.25) is 0 Å². The minimum Gasteiger partial charge on any atom is -0.314 e. The van der Waals surface area contributed by atoms with Gasteiger partial charge in [0, 0.05) is 51.5 Å². The summed E-state index contributed by atoms with van der Waals surface area (Å²) >= 11 is 0. The average Bonchev–Trinajstić information content (AvgIpc) is 2.29. The zero-order valence-corrected chi connectivity index (χ0v) is 11.1. The van der Waals surface area contributed by atoms with Crippen LogP contribution in [0.25, 0.3) is 0 Å². The van der Waals surface area contributed by atoms with E-state index in [-0.39, 0.29) is 11.2 Å². The molecule has 0 spiro atoms. The van der Waals surface area contributed by atoms with E-state index in [0.717, 1.165) is 29.9 Å². The van der Waals surface area contributed by atoms with E-state index in [1.54, 1.807) is 17.7 Å². The minimum absolute atomic E-state index is 0.240. The lowest BCUT2D eigenvalue weighted by Gasteiger charge is -2.37. The monoisotopic (exact) mass is 252 g/mol. The normalized spacial score (nSPS) is 16.0. The predicted molar refractivity (Wildman–Crippen MR) is 69.7 cm³/mol. The second kappa shape index (κ2) is 5.07. The smallest absolute Gasteiger partial charge is 0.314 e. The maximum atomic E-state index is 11.8. The van der Waals surface area contributed by atoms with Crippen LogP contribution < -0.4 is 16.6 Å². The Balaban J connectivity index is 2.28. The molecule has 1 fully saturated rings. The molecule has 0 bridgehead atoms. The van der Waals surface area contributed by atoms with Gasteiger partial charge in [0.1, 0.15) is 0 Å². The Bertz CT molecular complexity index is 542. The van der Waals surface area contributed by atoms with E-state index in [1.165, 1.54) is 7.05 Å². The Morgan fingerprint density at radius 1 is 1.33 bits per heavy atom. The third-order valence-electron chi connectivity index (χ3n) is 3.67. The number of aromatic nitrogens is 2. The third kappa shape index (κ3) is 2.26. The highest BCUT2D eigenvalue weighted by Gasteiger charge is 2.24. The topological polar surface area (TPSA) is 59.3 Å². The Morgan fingerprint density at radius 3 is 2.50 bits per heavy atom. The van der Waals surface area contributed by atoms with Crippen LogP contribution in [0, 0.1) is 0 Å². The van der Waals surface area contributed by atoms with Gasteiger partial charge >= 0.3 is 5.69 Å². The largest absolute Gasteiger partial charge is 0.330 e. The van der Waals surface area contributed by atoms with Crippen LogP contribution in [0.5, 0.6) is 0 Å². The number of hydrogen-bond donors (Lipinski definition) is 1. The van der Waals surface area contributed by atoms with Gasteiger partial charge in [-0.3, -0.25) is 18.8 Å². The highest BCUT2D eigenvalue weighted by molar-refractivity contribution is 5.03. The summed E-state index contributed by atoms with van der Waals surface area (Å²) in [6.07, 6.45) is 0. The van der Waals surface area contributed by atoms with Gasteiger partial charge in [-0.15, -0.1) is 0 Å². The number of nitrogens with zero attached hydrogens (tertiary/aromatic N) is 3. The van der Waals surface area contributed by atoms with E-state index in [2.05, 4.69) is 17.1 Å². The number of likely N-dealkylation sites (N-methyl/N-ethyl adjacent to an activating group) is 1. The Kier molecular flexibility index (Phi) is 3.68. The van der Waals surface area contributed by atoms with Crippen molar-refractivity contribution in [2.24, 2.45) is 14.1 Å².